The molecule has 0 aliphatic heterocycles. The van der Waals surface area contributed by atoms with E-state index in [4.69, 9.17) is 4.74 Å². The molecule has 1 heterocycles. The Morgan fingerprint density at radius 1 is 1.20 bits per heavy atom. The van der Waals surface area contributed by atoms with Crippen LogP contribution in [0, 0.1) is 0 Å². The molecular weight excluding hydrogens is 386 g/mol. The maximum absolute atomic E-state index is 10.5. The lowest BCUT2D eigenvalue weighted by Crippen LogP contribution is -2.07. The number of aliphatic hydroxyl groups is 1. The van der Waals surface area contributed by atoms with Crippen molar-refractivity contribution >= 4 is 31.9 Å². The summed E-state index contributed by atoms with van der Waals surface area (Å²) in [6.45, 7) is 3.94. The summed E-state index contributed by atoms with van der Waals surface area (Å²) in [7, 11) is 0. The fraction of sp³-hybridized carbons (Fsp3) is 0.267. The summed E-state index contributed by atoms with van der Waals surface area (Å²) in [6.07, 6.45) is 0.964. The zero-order valence-corrected chi connectivity index (χ0v) is 14.3. The molecule has 0 spiro atoms. The van der Waals surface area contributed by atoms with Gasteiger partial charge < -0.3 is 9.84 Å². The molecule has 0 saturated carbocycles. The molecule has 1 unspecified atom stereocenters. The molecule has 0 saturated heterocycles. The first kappa shape index (κ1) is 15.5. The fourth-order valence-corrected chi connectivity index (χ4v) is 3.02. The van der Waals surface area contributed by atoms with Gasteiger partial charge in [-0.2, -0.15) is 0 Å². The Balaban J connectivity index is 2.30. The fourth-order valence-electron chi connectivity index (χ4n) is 1.81. The first-order chi connectivity index (χ1) is 9.47. The Hall–Kier alpha value is -0.910. The molecule has 106 valence electrons. The molecule has 0 fully saturated rings. The van der Waals surface area contributed by atoms with E-state index < -0.39 is 6.10 Å². The Morgan fingerprint density at radius 2 is 1.95 bits per heavy atom. The highest BCUT2D eigenvalue weighted by Gasteiger charge is 2.16. The number of ether oxygens (including phenoxy) is 1. The van der Waals surface area contributed by atoms with Gasteiger partial charge in [-0.1, -0.05) is 12.1 Å². The van der Waals surface area contributed by atoms with Crippen molar-refractivity contribution in [2.75, 3.05) is 0 Å². The first-order valence-electron chi connectivity index (χ1n) is 6.23. The average molecular weight is 401 g/mol. The maximum Gasteiger partial charge on any atom is 0.122 e. The van der Waals surface area contributed by atoms with E-state index >= 15 is 0 Å². The Labute approximate surface area is 135 Å². The second-order valence-corrected chi connectivity index (χ2v) is 6.43. The second kappa shape index (κ2) is 6.70. The minimum atomic E-state index is -0.798. The molecule has 1 N–H and O–H groups in total. The van der Waals surface area contributed by atoms with Gasteiger partial charge in [-0.3, -0.25) is 4.98 Å². The highest BCUT2D eigenvalue weighted by atomic mass is 79.9. The Morgan fingerprint density at radius 3 is 2.60 bits per heavy atom. The van der Waals surface area contributed by atoms with E-state index in [1.807, 2.05) is 44.2 Å². The van der Waals surface area contributed by atoms with Crippen molar-refractivity contribution in [2.24, 2.45) is 0 Å². The molecule has 1 aromatic carbocycles. The van der Waals surface area contributed by atoms with Crippen LogP contribution >= 0.6 is 31.9 Å². The van der Waals surface area contributed by atoms with Crippen molar-refractivity contribution in [3.05, 3.63) is 56.7 Å². The van der Waals surface area contributed by atoms with Crippen molar-refractivity contribution in [1.82, 2.24) is 4.98 Å². The van der Waals surface area contributed by atoms with Crippen LogP contribution in [0.3, 0.4) is 0 Å². The molecule has 1 atom stereocenters. The standard InChI is InChI=1S/C15H15Br2NO2/c1-9(2)20-12-5-3-4-10(6-12)15(19)14-13(17)7-11(16)8-18-14/h3-9,15,19H,1-2H3. The van der Waals surface area contributed by atoms with Gasteiger partial charge in [0.15, 0.2) is 0 Å². The van der Waals surface area contributed by atoms with Gasteiger partial charge in [0.1, 0.15) is 11.9 Å². The highest BCUT2D eigenvalue weighted by molar-refractivity contribution is 9.11. The van der Waals surface area contributed by atoms with Crippen LogP contribution in [0.2, 0.25) is 0 Å². The van der Waals surface area contributed by atoms with E-state index in [-0.39, 0.29) is 6.10 Å². The number of hydrogen-bond donors (Lipinski definition) is 1. The van der Waals surface area contributed by atoms with Crippen LogP contribution < -0.4 is 4.74 Å². The minimum absolute atomic E-state index is 0.0972. The minimum Gasteiger partial charge on any atom is -0.491 e. The molecule has 2 aromatic rings. The van der Waals surface area contributed by atoms with Crippen LogP contribution in [-0.2, 0) is 0 Å². The summed E-state index contributed by atoms with van der Waals surface area (Å²) in [5.74, 6) is 0.741. The van der Waals surface area contributed by atoms with Gasteiger partial charge in [0.05, 0.1) is 11.8 Å². The number of halogens is 2. The van der Waals surface area contributed by atoms with Crippen LogP contribution in [0.25, 0.3) is 0 Å². The van der Waals surface area contributed by atoms with Crippen LogP contribution in [-0.4, -0.2) is 16.2 Å². The van der Waals surface area contributed by atoms with Gasteiger partial charge in [0, 0.05) is 15.1 Å². The quantitative estimate of drug-likeness (QED) is 0.822. The first-order valence-corrected chi connectivity index (χ1v) is 7.81. The van der Waals surface area contributed by atoms with Crippen LogP contribution in [0.15, 0.2) is 45.5 Å². The zero-order valence-electron chi connectivity index (χ0n) is 11.2. The van der Waals surface area contributed by atoms with Gasteiger partial charge >= 0.3 is 0 Å². The van der Waals surface area contributed by atoms with Gasteiger partial charge in [-0.25, -0.2) is 0 Å². The lowest BCUT2D eigenvalue weighted by molar-refractivity contribution is 0.211. The molecule has 20 heavy (non-hydrogen) atoms. The van der Waals surface area contributed by atoms with Gasteiger partial charge in [-0.05, 0) is 69.5 Å². The number of pyridine rings is 1. The molecule has 0 bridgehead atoms. The summed E-state index contributed by atoms with van der Waals surface area (Å²) in [5.41, 5.74) is 1.33. The third kappa shape index (κ3) is 3.81. The largest absolute Gasteiger partial charge is 0.491 e. The van der Waals surface area contributed by atoms with E-state index in [0.29, 0.717) is 5.69 Å². The summed E-state index contributed by atoms with van der Waals surface area (Å²) in [6, 6.07) is 9.29. The Bertz CT molecular complexity index is 602. The van der Waals surface area contributed by atoms with E-state index in [1.54, 1.807) is 6.20 Å². The van der Waals surface area contributed by atoms with Gasteiger partial charge in [0.2, 0.25) is 0 Å². The number of nitrogens with zero attached hydrogens (tertiary/aromatic N) is 1. The third-order valence-corrected chi connectivity index (χ3v) is 3.71. The molecule has 0 amide bonds. The summed E-state index contributed by atoms with van der Waals surface area (Å²) >= 11 is 6.77. The van der Waals surface area contributed by atoms with E-state index in [0.717, 1.165) is 20.3 Å². The van der Waals surface area contributed by atoms with Gasteiger partial charge in [0.25, 0.3) is 0 Å². The summed E-state index contributed by atoms with van der Waals surface area (Å²) < 4.78 is 7.26. The van der Waals surface area contributed by atoms with Crippen LogP contribution in [0.1, 0.15) is 31.2 Å². The van der Waals surface area contributed by atoms with Crippen molar-refractivity contribution in [3.63, 3.8) is 0 Å². The van der Waals surface area contributed by atoms with Crippen LogP contribution in [0.4, 0.5) is 0 Å². The topological polar surface area (TPSA) is 42.4 Å². The molecule has 3 nitrogen and oxygen atoms in total. The third-order valence-electron chi connectivity index (χ3n) is 2.64. The molecule has 0 radical (unpaired) electrons. The SMILES string of the molecule is CC(C)Oc1cccc(C(O)c2ncc(Br)cc2Br)c1. The van der Waals surface area contributed by atoms with Crippen molar-refractivity contribution in [2.45, 2.75) is 26.1 Å². The van der Waals surface area contributed by atoms with E-state index in [2.05, 4.69) is 36.8 Å². The molecule has 2 rings (SSSR count). The van der Waals surface area contributed by atoms with E-state index in [1.165, 1.54) is 0 Å². The van der Waals surface area contributed by atoms with Crippen molar-refractivity contribution < 1.29 is 9.84 Å². The predicted molar refractivity (Wildman–Crippen MR) is 85.9 cm³/mol. The van der Waals surface area contributed by atoms with Crippen molar-refractivity contribution in [1.29, 1.82) is 0 Å². The summed E-state index contributed by atoms with van der Waals surface area (Å²) in [5, 5.41) is 10.5. The molecule has 5 heteroatoms. The number of hydrogen-bond acceptors (Lipinski definition) is 3. The predicted octanol–water partition coefficient (Wildman–Crippen LogP) is 4.48. The number of rotatable bonds is 4. The van der Waals surface area contributed by atoms with E-state index in [9.17, 15) is 5.11 Å². The molecule has 0 aliphatic rings. The monoisotopic (exact) mass is 399 g/mol. The lowest BCUT2D eigenvalue weighted by Gasteiger charge is -2.15. The van der Waals surface area contributed by atoms with Gasteiger partial charge in [-0.15, -0.1) is 0 Å². The number of aliphatic hydroxyl groups excluding tert-OH is 1. The number of benzene rings is 1. The maximum atomic E-state index is 10.5. The zero-order chi connectivity index (χ0) is 14.7. The summed E-state index contributed by atoms with van der Waals surface area (Å²) in [4.78, 5) is 4.26. The molecule has 0 aliphatic carbocycles. The Kier molecular flexibility index (Phi) is 5.18. The number of aromatic nitrogens is 1. The normalized spacial score (nSPS) is 12.5. The smallest absolute Gasteiger partial charge is 0.122 e. The lowest BCUT2D eigenvalue weighted by atomic mass is 10.1. The van der Waals surface area contributed by atoms with Crippen molar-refractivity contribution in [3.8, 4) is 5.75 Å². The second-order valence-electron chi connectivity index (χ2n) is 4.66. The molecule has 1 aromatic heterocycles. The molecular formula is C15H15Br2NO2. The average Bonchev–Trinajstić information content (AvgIpc) is 2.37. The highest BCUT2D eigenvalue weighted by Crippen LogP contribution is 2.30. The van der Waals surface area contributed by atoms with Crippen LogP contribution in [0.5, 0.6) is 5.75 Å².